The molecule has 0 unspecified atom stereocenters. The molecule has 0 radical (unpaired) electrons. The van der Waals surface area contributed by atoms with Gasteiger partial charge in [0.25, 0.3) is 11.6 Å². The Balaban J connectivity index is 1.87. The number of ether oxygens (including phenoxy) is 2. The summed E-state index contributed by atoms with van der Waals surface area (Å²) in [6.45, 7) is 0. The first-order valence-electron chi connectivity index (χ1n) is 7.10. The van der Waals surface area contributed by atoms with Gasteiger partial charge in [0.2, 0.25) is 0 Å². The van der Waals surface area contributed by atoms with Gasteiger partial charge in [0.15, 0.2) is 5.13 Å². The van der Waals surface area contributed by atoms with Gasteiger partial charge in [-0.3, -0.25) is 20.2 Å². The highest BCUT2D eigenvalue weighted by atomic mass is 32.1. The van der Waals surface area contributed by atoms with E-state index in [0.29, 0.717) is 27.7 Å². The van der Waals surface area contributed by atoms with Crippen LogP contribution in [0.4, 0.5) is 10.8 Å². The Bertz CT molecular complexity index is 952. The average Bonchev–Trinajstić information content (AvgIpc) is 3.02. The standard InChI is InChI=1S/C16H13N3O5S/c1-23-11-7-12(24-2)14-13(8-11)25-16(17-14)18-15(20)9-3-5-10(6-4-9)19(21)22/h3-8H,1-2H3,(H,17,18,20). The van der Waals surface area contributed by atoms with Gasteiger partial charge in [-0.15, -0.1) is 0 Å². The Kier molecular flexibility index (Phi) is 4.48. The fourth-order valence-electron chi connectivity index (χ4n) is 2.21. The second-order valence-corrected chi connectivity index (χ2v) is 5.98. The maximum absolute atomic E-state index is 12.3. The van der Waals surface area contributed by atoms with Gasteiger partial charge in [0, 0.05) is 23.8 Å². The van der Waals surface area contributed by atoms with Crippen molar-refractivity contribution < 1.29 is 19.2 Å². The molecule has 1 N–H and O–H groups in total. The smallest absolute Gasteiger partial charge is 0.269 e. The molecule has 2 aromatic carbocycles. The summed E-state index contributed by atoms with van der Waals surface area (Å²) >= 11 is 1.28. The van der Waals surface area contributed by atoms with Gasteiger partial charge in [-0.1, -0.05) is 11.3 Å². The average molecular weight is 359 g/mol. The van der Waals surface area contributed by atoms with Crippen molar-refractivity contribution in [1.29, 1.82) is 0 Å². The van der Waals surface area contributed by atoms with Crippen LogP contribution in [0, 0.1) is 10.1 Å². The molecule has 0 saturated heterocycles. The highest BCUT2D eigenvalue weighted by Crippen LogP contribution is 2.36. The van der Waals surface area contributed by atoms with E-state index in [1.165, 1.54) is 42.7 Å². The first-order chi connectivity index (χ1) is 12.0. The van der Waals surface area contributed by atoms with Crippen molar-refractivity contribution in [2.24, 2.45) is 0 Å². The fourth-order valence-corrected chi connectivity index (χ4v) is 3.11. The van der Waals surface area contributed by atoms with Gasteiger partial charge in [0.1, 0.15) is 17.0 Å². The molecule has 25 heavy (non-hydrogen) atoms. The van der Waals surface area contributed by atoms with E-state index in [2.05, 4.69) is 10.3 Å². The van der Waals surface area contributed by atoms with Gasteiger partial charge in [-0.05, 0) is 18.2 Å². The summed E-state index contributed by atoms with van der Waals surface area (Å²) in [5.74, 6) is 0.766. The number of methoxy groups -OCH3 is 2. The van der Waals surface area contributed by atoms with Gasteiger partial charge in [-0.25, -0.2) is 4.98 Å². The van der Waals surface area contributed by atoms with E-state index in [-0.39, 0.29) is 5.69 Å². The number of nitrogens with zero attached hydrogens (tertiary/aromatic N) is 2. The molecule has 1 amide bonds. The molecule has 0 spiro atoms. The highest BCUT2D eigenvalue weighted by Gasteiger charge is 2.15. The molecule has 8 nitrogen and oxygen atoms in total. The zero-order valence-corrected chi connectivity index (χ0v) is 14.1. The van der Waals surface area contributed by atoms with Crippen molar-refractivity contribution in [3.8, 4) is 11.5 Å². The van der Waals surface area contributed by atoms with E-state index in [0.717, 1.165) is 4.70 Å². The van der Waals surface area contributed by atoms with E-state index >= 15 is 0 Å². The number of anilines is 1. The molecule has 3 aromatic rings. The second kappa shape index (κ2) is 6.73. The molecule has 0 aliphatic rings. The Morgan fingerprint density at radius 3 is 2.52 bits per heavy atom. The van der Waals surface area contributed by atoms with Crippen LogP contribution in [0.25, 0.3) is 10.2 Å². The molecule has 0 aliphatic heterocycles. The maximum Gasteiger partial charge on any atom is 0.269 e. The van der Waals surface area contributed by atoms with Crippen LogP contribution in [0.3, 0.4) is 0 Å². The van der Waals surface area contributed by atoms with Gasteiger partial charge in [-0.2, -0.15) is 0 Å². The van der Waals surface area contributed by atoms with E-state index in [4.69, 9.17) is 9.47 Å². The number of nitro benzene ring substituents is 1. The lowest BCUT2D eigenvalue weighted by atomic mass is 10.2. The summed E-state index contributed by atoms with van der Waals surface area (Å²) in [6, 6.07) is 8.86. The minimum atomic E-state index is -0.519. The van der Waals surface area contributed by atoms with Crippen LogP contribution >= 0.6 is 11.3 Å². The third-order valence-corrected chi connectivity index (χ3v) is 4.37. The van der Waals surface area contributed by atoms with E-state index in [1.54, 1.807) is 19.2 Å². The molecule has 9 heteroatoms. The van der Waals surface area contributed by atoms with Gasteiger partial charge >= 0.3 is 0 Å². The van der Waals surface area contributed by atoms with E-state index in [1.807, 2.05) is 0 Å². The molecule has 0 bridgehead atoms. The minimum Gasteiger partial charge on any atom is -0.497 e. The molecule has 0 saturated carbocycles. The van der Waals surface area contributed by atoms with Gasteiger partial charge < -0.3 is 9.47 Å². The van der Waals surface area contributed by atoms with Crippen LogP contribution in [0.1, 0.15) is 10.4 Å². The number of nitrogens with one attached hydrogen (secondary N) is 1. The summed E-state index contributed by atoms with van der Waals surface area (Å²) in [6.07, 6.45) is 0. The van der Waals surface area contributed by atoms with Crippen LogP contribution in [0.2, 0.25) is 0 Å². The lowest BCUT2D eigenvalue weighted by molar-refractivity contribution is -0.384. The monoisotopic (exact) mass is 359 g/mol. The molecular formula is C16H13N3O5S. The number of amides is 1. The molecule has 0 fully saturated rings. The lowest BCUT2D eigenvalue weighted by Crippen LogP contribution is -2.11. The number of hydrogen-bond acceptors (Lipinski definition) is 7. The summed E-state index contributed by atoms with van der Waals surface area (Å²) in [4.78, 5) is 26.8. The lowest BCUT2D eigenvalue weighted by Gasteiger charge is -2.03. The topological polar surface area (TPSA) is 104 Å². The predicted molar refractivity (Wildman–Crippen MR) is 93.8 cm³/mol. The largest absolute Gasteiger partial charge is 0.497 e. The number of carbonyl (C=O) groups is 1. The van der Waals surface area contributed by atoms with Crippen LogP contribution in [0.15, 0.2) is 36.4 Å². The molecule has 0 aliphatic carbocycles. The first-order valence-corrected chi connectivity index (χ1v) is 7.92. The molecule has 0 atom stereocenters. The van der Waals surface area contributed by atoms with Crippen molar-refractivity contribution in [1.82, 2.24) is 4.98 Å². The normalized spacial score (nSPS) is 10.5. The Hall–Kier alpha value is -3.20. The SMILES string of the molecule is COc1cc(OC)c2nc(NC(=O)c3ccc([N+](=O)[O-])cc3)sc2c1. The molecule has 3 rings (SSSR count). The van der Waals surface area contributed by atoms with Gasteiger partial charge in [0.05, 0.1) is 23.8 Å². The molecular weight excluding hydrogens is 346 g/mol. The third kappa shape index (κ3) is 3.36. The fraction of sp³-hybridized carbons (Fsp3) is 0.125. The van der Waals surface area contributed by atoms with Crippen molar-refractivity contribution in [2.45, 2.75) is 0 Å². The number of non-ortho nitro benzene ring substituents is 1. The first kappa shape index (κ1) is 16.7. The van der Waals surface area contributed by atoms with Crippen molar-refractivity contribution in [3.63, 3.8) is 0 Å². The zero-order valence-electron chi connectivity index (χ0n) is 13.3. The van der Waals surface area contributed by atoms with Crippen molar-refractivity contribution >= 4 is 38.3 Å². The third-order valence-electron chi connectivity index (χ3n) is 3.45. The number of aromatic nitrogens is 1. The van der Waals surface area contributed by atoms with Crippen LogP contribution in [-0.4, -0.2) is 30.0 Å². The van der Waals surface area contributed by atoms with Crippen LogP contribution in [0.5, 0.6) is 11.5 Å². The Morgan fingerprint density at radius 1 is 1.20 bits per heavy atom. The minimum absolute atomic E-state index is 0.0756. The Morgan fingerprint density at radius 2 is 1.92 bits per heavy atom. The van der Waals surface area contributed by atoms with E-state index in [9.17, 15) is 14.9 Å². The number of nitro groups is 1. The number of rotatable bonds is 5. The summed E-state index contributed by atoms with van der Waals surface area (Å²) < 4.78 is 11.3. The highest BCUT2D eigenvalue weighted by molar-refractivity contribution is 7.22. The summed E-state index contributed by atoms with van der Waals surface area (Å²) in [5.41, 5.74) is 0.843. The maximum atomic E-state index is 12.3. The molecule has 1 aromatic heterocycles. The van der Waals surface area contributed by atoms with Crippen molar-refractivity contribution in [3.05, 3.63) is 52.1 Å². The number of carbonyl (C=O) groups excluding carboxylic acids is 1. The van der Waals surface area contributed by atoms with Crippen LogP contribution < -0.4 is 14.8 Å². The molecule has 1 heterocycles. The van der Waals surface area contributed by atoms with Crippen LogP contribution in [-0.2, 0) is 0 Å². The number of benzene rings is 2. The Labute approximate surface area is 146 Å². The van der Waals surface area contributed by atoms with E-state index < -0.39 is 10.8 Å². The predicted octanol–water partition coefficient (Wildman–Crippen LogP) is 3.47. The second-order valence-electron chi connectivity index (χ2n) is 4.95. The number of hydrogen-bond donors (Lipinski definition) is 1. The summed E-state index contributed by atoms with van der Waals surface area (Å²) in [5, 5.41) is 13.7. The zero-order chi connectivity index (χ0) is 18.0. The quantitative estimate of drug-likeness (QED) is 0.552. The number of thiazole rings is 1. The van der Waals surface area contributed by atoms with Crippen molar-refractivity contribution in [2.75, 3.05) is 19.5 Å². The number of fused-ring (bicyclic) bond motifs is 1. The summed E-state index contributed by atoms with van der Waals surface area (Å²) in [7, 11) is 3.08. The molecule has 128 valence electrons.